The lowest BCUT2D eigenvalue weighted by atomic mass is 10.2. The van der Waals surface area contributed by atoms with Crippen molar-refractivity contribution < 1.29 is 0 Å². The third kappa shape index (κ3) is 3.48. The quantitative estimate of drug-likeness (QED) is 0.372. The van der Waals surface area contributed by atoms with Gasteiger partial charge in [-0.25, -0.2) is 4.68 Å². The van der Waals surface area contributed by atoms with Crippen molar-refractivity contribution in [2.75, 3.05) is 0 Å². The van der Waals surface area contributed by atoms with Gasteiger partial charge >= 0.3 is 0 Å². The molecule has 0 aliphatic carbocycles. The van der Waals surface area contributed by atoms with Gasteiger partial charge in [-0.15, -0.1) is 11.3 Å². The Hall–Kier alpha value is -2.45. The predicted octanol–water partition coefficient (Wildman–Crippen LogP) is 5.40. The normalized spacial score (nSPS) is 11.1. The first-order valence-electron chi connectivity index (χ1n) is 8.86. The number of hydrogen-bond donors (Lipinski definition) is 0. The fourth-order valence-electron chi connectivity index (χ4n) is 3.27. The Bertz CT molecular complexity index is 1420. The molecule has 0 unspecified atom stereocenters. The number of rotatable bonds is 3. The minimum atomic E-state index is -0.397. The molecule has 152 valence electrons. The number of aromatic nitrogens is 3. The van der Waals surface area contributed by atoms with Gasteiger partial charge in [-0.3, -0.25) is 18.8 Å². The molecule has 0 spiro atoms. The molecule has 0 aliphatic rings. The highest BCUT2D eigenvalue weighted by molar-refractivity contribution is 7.73. The Morgan fingerprint density at radius 2 is 1.70 bits per heavy atom. The molecule has 30 heavy (non-hydrogen) atoms. The number of hydrogen-bond acceptors (Lipinski definition) is 4. The van der Waals surface area contributed by atoms with Crippen LogP contribution in [0.3, 0.4) is 0 Å². The van der Waals surface area contributed by atoms with Crippen molar-refractivity contribution in [3.63, 3.8) is 0 Å². The van der Waals surface area contributed by atoms with E-state index in [1.165, 1.54) is 26.7 Å². The largest absolute Gasteiger partial charge is 0.296 e. The summed E-state index contributed by atoms with van der Waals surface area (Å²) in [7, 11) is 1.77. The maximum Gasteiger partial charge on any atom is 0.296 e. The van der Waals surface area contributed by atoms with Crippen LogP contribution in [0, 0.1) is 10.9 Å². The summed E-state index contributed by atoms with van der Waals surface area (Å²) >= 11 is 19.0. The van der Waals surface area contributed by atoms with Gasteiger partial charge in [-0.2, -0.15) is 0 Å². The first-order valence-corrected chi connectivity index (χ1v) is 10.8. The summed E-state index contributed by atoms with van der Waals surface area (Å²) < 4.78 is 4.77. The second-order valence-corrected chi connectivity index (χ2v) is 9.10. The summed E-state index contributed by atoms with van der Waals surface area (Å²) in [5.74, 6) is 0. The molecule has 4 aromatic rings. The van der Waals surface area contributed by atoms with Crippen LogP contribution < -0.4 is 11.1 Å². The van der Waals surface area contributed by atoms with Gasteiger partial charge in [0.15, 0.2) is 3.95 Å². The Kier molecular flexibility index (Phi) is 5.55. The van der Waals surface area contributed by atoms with Crippen LogP contribution in [-0.4, -0.2) is 13.9 Å². The van der Waals surface area contributed by atoms with E-state index in [1.807, 2.05) is 30.3 Å². The first kappa shape index (κ1) is 20.8. The molecule has 0 saturated carbocycles. The molecule has 9 heteroatoms. The molecular weight excluding hydrogens is 461 g/mol. The van der Waals surface area contributed by atoms with E-state index in [9.17, 15) is 9.59 Å². The van der Waals surface area contributed by atoms with Gasteiger partial charge in [0.25, 0.3) is 11.1 Å². The fourth-order valence-corrected chi connectivity index (χ4v) is 5.20. The zero-order valence-corrected chi connectivity index (χ0v) is 19.1. The Morgan fingerprint density at radius 3 is 2.33 bits per heavy atom. The molecule has 0 saturated heterocycles. The second-order valence-electron chi connectivity index (χ2n) is 6.58. The van der Waals surface area contributed by atoms with Gasteiger partial charge in [0.05, 0.1) is 16.4 Å². The standard InChI is InChI=1S/C21H15Cl2N3O2S2/c1-12-19(20(28)26(24(12)2)14-6-4-3-5-7-14)25-18(27)11-17(30-21(25)29)15-9-8-13(22)10-16(15)23/h3-11H,1-2H3. The van der Waals surface area contributed by atoms with Crippen molar-refractivity contribution in [3.8, 4) is 21.8 Å². The molecule has 0 atom stereocenters. The average Bonchev–Trinajstić information content (AvgIpc) is 2.91. The molecule has 0 fully saturated rings. The van der Waals surface area contributed by atoms with Crippen molar-refractivity contribution in [2.45, 2.75) is 6.92 Å². The highest BCUT2D eigenvalue weighted by atomic mass is 35.5. The molecule has 0 amide bonds. The number of benzene rings is 2. The minimum Gasteiger partial charge on any atom is -0.283 e. The summed E-state index contributed by atoms with van der Waals surface area (Å²) in [6, 6.07) is 15.7. The molecule has 0 radical (unpaired) electrons. The fraction of sp³-hybridized carbons (Fsp3) is 0.0952. The molecule has 2 heterocycles. The first-order chi connectivity index (χ1) is 14.3. The molecule has 0 N–H and O–H groups in total. The van der Waals surface area contributed by atoms with Crippen LogP contribution in [-0.2, 0) is 7.05 Å². The number of halogens is 2. The van der Waals surface area contributed by atoms with Crippen molar-refractivity contribution in [1.29, 1.82) is 0 Å². The highest BCUT2D eigenvalue weighted by Gasteiger charge is 2.20. The monoisotopic (exact) mass is 475 g/mol. The third-order valence-corrected chi connectivity index (χ3v) is 6.69. The highest BCUT2D eigenvalue weighted by Crippen LogP contribution is 2.32. The van der Waals surface area contributed by atoms with E-state index in [4.69, 9.17) is 35.4 Å². The topological polar surface area (TPSA) is 48.9 Å². The predicted molar refractivity (Wildman–Crippen MR) is 126 cm³/mol. The molecule has 2 aromatic carbocycles. The summed E-state index contributed by atoms with van der Waals surface area (Å²) in [5, 5.41) is 0.926. The number of para-hydroxylation sites is 1. The SMILES string of the molecule is Cc1c(-n2c(=O)cc(-c3ccc(Cl)cc3Cl)sc2=S)c(=O)n(-c2ccccc2)n1C. The zero-order valence-electron chi connectivity index (χ0n) is 15.9. The molecule has 0 aliphatic heterocycles. The van der Waals surface area contributed by atoms with Crippen LogP contribution in [0.25, 0.3) is 21.8 Å². The van der Waals surface area contributed by atoms with Gasteiger partial charge in [0.2, 0.25) is 0 Å². The lowest BCUT2D eigenvalue weighted by molar-refractivity contribution is 0.630. The Balaban J connectivity index is 1.94. The van der Waals surface area contributed by atoms with Crippen LogP contribution in [0.5, 0.6) is 0 Å². The van der Waals surface area contributed by atoms with E-state index < -0.39 is 5.56 Å². The van der Waals surface area contributed by atoms with Crippen molar-refractivity contribution >= 4 is 46.8 Å². The van der Waals surface area contributed by atoms with E-state index >= 15 is 0 Å². The van der Waals surface area contributed by atoms with Gasteiger partial charge < -0.3 is 0 Å². The van der Waals surface area contributed by atoms with Crippen LogP contribution in [0.4, 0.5) is 0 Å². The maximum atomic E-state index is 13.3. The van der Waals surface area contributed by atoms with Gasteiger partial charge in [-0.1, -0.05) is 47.5 Å². The Morgan fingerprint density at radius 1 is 1.00 bits per heavy atom. The van der Waals surface area contributed by atoms with Crippen molar-refractivity contribution in [1.82, 2.24) is 13.9 Å². The van der Waals surface area contributed by atoms with Crippen molar-refractivity contribution in [2.24, 2.45) is 7.05 Å². The van der Waals surface area contributed by atoms with Crippen molar-refractivity contribution in [3.05, 3.63) is 95.0 Å². The van der Waals surface area contributed by atoms with E-state index in [1.54, 1.807) is 36.9 Å². The molecular formula is C21H15Cl2N3O2S2. The molecule has 0 bridgehead atoms. The third-order valence-electron chi connectivity index (χ3n) is 4.80. The zero-order chi connectivity index (χ0) is 21.6. The Labute approximate surface area is 191 Å². The molecule has 4 rings (SSSR count). The summed E-state index contributed by atoms with van der Waals surface area (Å²) in [6.45, 7) is 1.78. The van der Waals surface area contributed by atoms with E-state index in [-0.39, 0.29) is 15.2 Å². The van der Waals surface area contributed by atoms with Crippen LogP contribution >= 0.6 is 46.8 Å². The van der Waals surface area contributed by atoms with E-state index in [0.29, 0.717) is 31.9 Å². The summed E-state index contributed by atoms with van der Waals surface area (Å²) in [4.78, 5) is 26.9. The van der Waals surface area contributed by atoms with Crippen LogP contribution in [0.1, 0.15) is 5.69 Å². The smallest absolute Gasteiger partial charge is 0.283 e. The van der Waals surface area contributed by atoms with Gasteiger partial charge in [-0.05, 0) is 43.4 Å². The average molecular weight is 476 g/mol. The van der Waals surface area contributed by atoms with Gasteiger partial charge in [0, 0.05) is 28.6 Å². The minimum absolute atomic E-state index is 0.237. The summed E-state index contributed by atoms with van der Waals surface area (Å²) in [5.41, 5.74) is 1.51. The van der Waals surface area contributed by atoms with E-state index in [2.05, 4.69) is 0 Å². The summed E-state index contributed by atoms with van der Waals surface area (Å²) in [6.07, 6.45) is 0. The lowest BCUT2D eigenvalue weighted by Crippen LogP contribution is -2.26. The molecule has 5 nitrogen and oxygen atoms in total. The second kappa shape index (κ2) is 8.00. The van der Waals surface area contributed by atoms with Crippen LogP contribution in [0.2, 0.25) is 10.0 Å². The lowest BCUT2D eigenvalue weighted by Gasteiger charge is -2.08. The van der Waals surface area contributed by atoms with Gasteiger partial charge in [0.1, 0.15) is 5.69 Å². The van der Waals surface area contributed by atoms with E-state index in [0.717, 1.165) is 0 Å². The van der Waals surface area contributed by atoms with Crippen LogP contribution in [0.15, 0.2) is 64.2 Å². The maximum absolute atomic E-state index is 13.3. The molecule has 2 aromatic heterocycles. The number of nitrogens with zero attached hydrogens (tertiary/aromatic N) is 3.